The molecule has 0 fully saturated rings. The molecule has 0 aliphatic rings. The minimum absolute atomic E-state index is 0.177. The second kappa shape index (κ2) is 8.57. The molecule has 4 aromatic rings. The number of anilines is 1. The van der Waals surface area contributed by atoms with E-state index in [9.17, 15) is 9.18 Å². The van der Waals surface area contributed by atoms with Crippen LogP contribution in [0.2, 0.25) is 0 Å². The molecular formula is C23H18FN5O. The molecule has 0 saturated carbocycles. The van der Waals surface area contributed by atoms with Crippen molar-refractivity contribution in [2.45, 2.75) is 13.3 Å². The lowest BCUT2D eigenvalue weighted by Gasteiger charge is -2.09. The molecule has 3 aromatic heterocycles. The van der Waals surface area contributed by atoms with Gasteiger partial charge < -0.3 is 5.32 Å². The van der Waals surface area contributed by atoms with Gasteiger partial charge in [0.05, 0.1) is 24.5 Å². The second-order valence-electron chi connectivity index (χ2n) is 6.81. The van der Waals surface area contributed by atoms with Crippen molar-refractivity contribution in [1.82, 2.24) is 20.2 Å². The van der Waals surface area contributed by atoms with Gasteiger partial charge in [0.25, 0.3) is 0 Å². The maximum atomic E-state index is 13.4. The van der Waals surface area contributed by atoms with Crippen LogP contribution in [-0.4, -0.2) is 26.1 Å². The number of carbonyl (C=O) groups excluding carboxylic acids is 1. The third-order valence-corrected chi connectivity index (χ3v) is 4.55. The summed E-state index contributed by atoms with van der Waals surface area (Å²) in [5.74, 6) is -0.0650. The number of rotatable bonds is 5. The average molecular weight is 399 g/mol. The number of benzene rings is 1. The summed E-state index contributed by atoms with van der Waals surface area (Å²) in [6.45, 7) is 1.94. The molecule has 4 rings (SSSR count). The lowest BCUT2D eigenvalue weighted by atomic mass is 10.1. The summed E-state index contributed by atoms with van der Waals surface area (Å²) in [4.78, 5) is 21.1. The number of nitrogens with zero attached hydrogens (tertiary/aromatic N) is 4. The highest BCUT2D eigenvalue weighted by molar-refractivity contribution is 5.91. The third kappa shape index (κ3) is 4.52. The van der Waals surface area contributed by atoms with Crippen molar-refractivity contribution in [2.24, 2.45) is 0 Å². The first-order chi connectivity index (χ1) is 14.6. The third-order valence-electron chi connectivity index (χ3n) is 4.55. The van der Waals surface area contributed by atoms with E-state index >= 15 is 0 Å². The van der Waals surface area contributed by atoms with Crippen LogP contribution in [0, 0.1) is 12.7 Å². The van der Waals surface area contributed by atoms with Gasteiger partial charge in [0.2, 0.25) is 5.91 Å². The van der Waals surface area contributed by atoms with Crippen LogP contribution in [0.5, 0.6) is 0 Å². The molecule has 0 atom stereocenters. The summed E-state index contributed by atoms with van der Waals surface area (Å²) in [6.07, 6.45) is 6.73. The quantitative estimate of drug-likeness (QED) is 0.543. The Labute approximate surface area is 172 Å². The van der Waals surface area contributed by atoms with E-state index in [1.165, 1.54) is 12.1 Å². The Morgan fingerprint density at radius 1 is 0.933 bits per heavy atom. The molecule has 0 radical (unpaired) electrons. The van der Waals surface area contributed by atoms with Gasteiger partial charge in [-0.3, -0.25) is 9.78 Å². The summed E-state index contributed by atoms with van der Waals surface area (Å²) in [5, 5.41) is 10.4. The Morgan fingerprint density at radius 3 is 2.53 bits per heavy atom. The van der Waals surface area contributed by atoms with Crippen LogP contribution in [0.25, 0.3) is 22.4 Å². The summed E-state index contributed by atoms with van der Waals surface area (Å²) in [5.41, 5.74) is 4.93. The van der Waals surface area contributed by atoms with E-state index in [0.29, 0.717) is 5.82 Å². The molecule has 0 unspecified atom stereocenters. The molecule has 0 bridgehead atoms. The molecule has 148 valence electrons. The zero-order valence-corrected chi connectivity index (χ0v) is 16.2. The van der Waals surface area contributed by atoms with E-state index in [4.69, 9.17) is 0 Å². The highest BCUT2D eigenvalue weighted by Gasteiger charge is 2.10. The molecule has 7 heteroatoms. The Balaban J connectivity index is 1.42. The minimum Gasteiger partial charge on any atom is -0.310 e. The number of halogens is 1. The van der Waals surface area contributed by atoms with Crippen molar-refractivity contribution in [3.8, 4) is 22.4 Å². The number of carbonyl (C=O) groups is 1. The van der Waals surface area contributed by atoms with Crippen LogP contribution in [0.15, 0.2) is 73.3 Å². The number of nitrogens with one attached hydrogen (secondary N) is 1. The van der Waals surface area contributed by atoms with Crippen LogP contribution in [0.4, 0.5) is 10.2 Å². The zero-order chi connectivity index (χ0) is 20.9. The molecule has 1 N–H and O–H groups in total. The van der Waals surface area contributed by atoms with Crippen molar-refractivity contribution in [2.75, 3.05) is 5.32 Å². The topological polar surface area (TPSA) is 80.7 Å². The first-order valence-corrected chi connectivity index (χ1v) is 9.33. The Kier molecular flexibility index (Phi) is 5.52. The molecular weight excluding hydrogens is 381 g/mol. The Bertz CT molecular complexity index is 1180. The number of hydrogen-bond acceptors (Lipinski definition) is 5. The number of hydrogen-bond donors (Lipinski definition) is 1. The Morgan fingerprint density at radius 2 is 1.83 bits per heavy atom. The van der Waals surface area contributed by atoms with Crippen molar-refractivity contribution in [1.29, 1.82) is 0 Å². The van der Waals surface area contributed by atoms with Crippen LogP contribution < -0.4 is 5.32 Å². The molecule has 6 nitrogen and oxygen atoms in total. The molecule has 30 heavy (non-hydrogen) atoms. The molecule has 0 aliphatic carbocycles. The zero-order valence-electron chi connectivity index (χ0n) is 16.2. The van der Waals surface area contributed by atoms with E-state index in [-0.39, 0.29) is 18.1 Å². The number of aryl methyl sites for hydroxylation is 1. The largest absolute Gasteiger partial charge is 0.310 e. The fraction of sp³-hybridized carbons (Fsp3) is 0.0870. The van der Waals surface area contributed by atoms with Gasteiger partial charge in [-0.15, -0.1) is 0 Å². The van der Waals surface area contributed by atoms with E-state index in [1.54, 1.807) is 49.1 Å². The molecule has 0 spiro atoms. The second-order valence-corrected chi connectivity index (χ2v) is 6.81. The van der Waals surface area contributed by atoms with Gasteiger partial charge in [-0.2, -0.15) is 10.2 Å². The minimum atomic E-state index is -0.306. The standard InChI is InChI=1S/C23H18FN5O/c1-15-9-16(12-26-23(15)19-7-8-27-28-14-19)10-22(30)29-21-6-5-18(13-25-21)17-3-2-4-20(24)11-17/h2-9,11-14H,10H2,1H3,(H,25,29,30). The summed E-state index contributed by atoms with van der Waals surface area (Å²) in [6, 6.07) is 13.5. The van der Waals surface area contributed by atoms with Crippen LogP contribution in [0.1, 0.15) is 11.1 Å². The molecule has 3 heterocycles. The summed E-state index contributed by atoms with van der Waals surface area (Å²) >= 11 is 0. The van der Waals surface area contributed by atoms with Gasteiger partial charge in [-0.25, -0.2) is 9.37 Å². The van der Waals surface area contributed by atoms with Crippen LogP contribution in [0.3, 0.4) is 0 Å². The van der Waals surface area contributed by atoms with Crippen LogP contribution in [-0.2, 0) is 11.2 Å². The van der Waals surface area contributed by atoms with Crippen molar-refractivity contribution in [3.05, 3.63) is 90.3 Å². The molecule has 1 aromatic carbocycles. The molecule has 1 amide bonds. The number of aromatic nitrogens is 4. The van der Waals surface area contributed by atoms with E-state index in [2.05, 4.69) is 25.5 Å². The smallest absolute Gasteiger partial charge is 0.230 e. The first-order valence-electron chi connectivity index (χ1n) is 9.33. The highest BCUT2D eigenvalue weighted by Crippen LogP contribution is 2.22. The predicted molar refractivity (Wildman–Crippen MR) is 112 cm³/mol. The lowest BCUT2D eigenvalue weighted by Crippen LogP contribution is -2.15. The predicted octanol–water partition coefficient (Wildman–Crippen LogP) is 4.23. The monoisotopic (exact) mass is 399 g/mol. The number of pyridine rings is 2. The number of amides is 1. The molecule has 0 aliphatic heterocycles. The van der Waals surface area contributed by atoms with Gasteiger partial charge >= 0.3 is 0 Å². The van der Waals surface area contributed by atoms with E-state index < -0.39 is 0 Å². The van der Waals surface area contributed by atoms with Gasteiger partial charge in [-0.1, -0.05) is 18.2 Å². The Hall–Kier alpha value is -4.00. The average Bonchev–Trinajstić information content (AvgIpc) is 2.75. The molecule has 0 saturated heterocycles. The van der Waals surface area contributed by atoms with Crippen molar-refractivity contribution >= 4 is 11.7 Å². The lowest BCUT2D eigenvalue weighted by molar-refractivity contribution is -0.115. The van der Waals surface area contributed by atoms with E-state index in [1.807, 2.05) is 19.1 Å². The SMILES string of the molecule is Cc1cc(CC(=O)Nc2ccc(-c3cccc(F)c3)cn2)cnc1-c1ccnnc1. The first kappa shape index (κ1) is 19.3. The van der Waals surface area contributed by atoms with Gasteiger partial charge in [0.15, 0.2) is 0 Å². The van der Waals surface area contributed by atoms with Crippen molar-refractivity contribution in [3.63, 3.8) is 0 Å². The van der Waals surface area contributed by atoms with Crippen molar-refractivity contribution < 1.29 is 9.18 Å². The maximum Gasteiger partial charge on any atom is 0.230 e. The van der Waals surface area contributed by atoms with Crippen LogP contribution >= 0.6 is 0 Å². The van der Waals surface area contributed by atoms with E-state index in [0.717, 1.165) is 33.5 Å². The summed E-state index contributed by atoms with van der Waals surface area (Å²) in [7, 11) is 0. The van der Waals surface area contributed by atoms with Gasteiger partial charge in [0.1, 0.15) is 11.6 Å². The fourth-order valence-electron chi connectivity index (χ4n) is 3.14. The normalized spacial score (nSPS) is 10.6. The summed E-state index contributed by atoms with van der Waals surface area (Å²) < 4.78 is 13.4. The maximum absolute atomic E-state index is 13.4. The fourth-order valence-corrected chi connectivity index (χ4v) is 3.14. The van der Waals surface area contributed by atoms with Gasteiger partial charge in [0, 0.05) is 23.5 Å². The highest BCUT2D eigenvalue weighted by atomic mass is 19.1. The van der Waals surface area contributed by atoms with Gasteiger partial charge in [-0.05, 0) is 53.9 Å².